The van der Waals surface area contributed by atoms with Crippen LogP contribution in [0.3, 0.4) is 0 Å². The van der Waals surface area contributed by atoms with Crippen molar-refractivity contribution in [3.63, 3.8) is 0 Å². The van der Waals surface area contributed by atoms with Crippen LogP contribution in [-0.2, 0) is 0 Å². The summed E-state index contributed by atoms with van der Waals surface area (Å²) in [4.78, 5) is 4.64. The maximum atomic E-state index is 6.30. The highest BCUT2D eigenvalue weighted by Gasteiger charge is 2.23. The molecule has 3 aromatic rings. The van der Waals surface area contributed by atoms with Crippen LogP contribution < -0.4 is 9.47 Å². The number of benzene rings is 1. The molecule has 1 aliphatic rings. The fourth-order valence-electron chi connectivity index (χ4n) is 2.51. The van der Waals surface area contributed by atoms with Crippen LogP contribution >= 0.6 is 11.6 Å². The Hall–Kier alpha value is -2.20. The Kier molecular flexibility index (Phi) is 3.62. The monoisotopic (exact) mass is 327 g/mol. The molecule has 0 saturated heterocycles. The van der Waals surface area contributed by atoms with E-state index < -0.39 is 0 Å². The highest BCUT2D eigenvalue weighted by Crippen LogP contribution is 2.39. The predicted octanol–water partition coefficient (Wildman–Crippen LogP) is 4.25. The summed E-state index contributed by atoms with van der Waals surface area (Å²) >= 11 is 6.30. The van der Waals surface area contributed by atoms with Crippen LogP contribution in [0.15, 0.2) is 36.7 Å². The Balaban J connectivity index is 1.79. The number of imidazole rings is 1. The minimum Gasteiger partial charge on any atom is -0.495 e. The summed E-state index contributed by atoms with van der Waals surface area (Å²) in [6, 6.07) is 10.4. The predicted molar refractivity (Wildman–Crippen MR) is 89.2 cm³/mol. The van der Waals surface area contributed by atoms with Gasteiger partial charge in [0.05, 0.1) is 24.4 Å². The molecule has 1 saturated carbocycles. The molecular formula is C18H16ClN2O2. The van der Waals surface area contributed by atoms with Crippen molar-refractivity contribution in [2.24, 2.45) is 5.92 Å². The van der Waals surface area contributed by atoms with Gasteiger partial charge in [0.1, 0.15) is 17.1 Å². The SMILES string of the molecule is COc1cc(OCC2CC2)c(-c2cn3cc[c]cc3n2)cc1Cl. The number of nitrogens with zero attached hydrogens (tertiary/aromatic N) is 2. The molecule has 23 heavy (non-hydrogen) atoms. The first-order valence-corrected chi connectivity index (χ1v) is 7.98. The summed E-state index contributed by atoms with van der Waals surface area (Å²) in [7, 11) is 1.60. The molecule has 1 aromatic carbocycles. The number of aromatic nitrogens is 2. The Morgan fingerprint density at radius 1 is 1.35 bits per heavy atom. The summed E-state index contributed by atoms with van der Waals surface area (Å²) in [5, 5.41) is 0.546. The highest BCUT2D eigenvalue weighted by atomic mass is 35.5. The smallest absolute Gasteiger partial charge is 0.141 e. The normalized spacial score (nSPS) is 14.2. The van der Waals surface area contributed by atoms with Gasteiger partial charge in [-0.1, -0.05) is 11.6 Å². The van der Waals surface area contributed by atoms with Crippen LogP contribution in [-0.4, -0.2) is 23.1 Å². The molecule has 0 N–H and O–H groups in total. The number of methoxy groups -OCH3 is 1. The Morgan fingerprint density at radius 2 is 2.22 bits per heavy atom. The van der Waals surface area contributed by atoms with Crippen molar-refractivity contribution in [2.75, 3.05) is 13.7 Å². The van der Waals surface area contributed by atoms with Crippen LogP contribution in [0.5, 0.6) is 11.5 Å². The molecular weight excluding hydrogens is 312 g/mol. The number of ether oxygens (including phenoxy) is 2. The molecule has 117 valence electrons. The number of hydrogen-bond donors (Lipinski definition) is 0. The minimum absolute atomic E-state index is 0.546. The molecule has 0 spiro atoms. The second kappa shape index (κ2) is 5.78. The van der Waals surface area contributed by atoms with E-state index in [1.54, 1.807) is 7.11 Å². The lowest BCUT2D eigenvalue weighted by Crippen LogP contribution is -2.01. The van der Waals surface area contributed by atoms with Gasteiger partial charge >= 0.3 is 0 Å². The van der Waals surface area contributed by atoms with E-state index >= 15 is 0 Å². The zero-order valence-corrected chi connectivity index (χ0v) is 13.5. The van der Waals surface area contributed by atoms with Crippen molar-refractivity contribution in [1.82, 2.24) is 9.38 Å². The van der Waals surface area contributed by atoms with Crippen molar-refractivity contribution in [3.8, 4) is 22.8 Å². The summed E-state index contributed by atoms with van der Waals surface area (Å²) in [5.41, 5.74) is 2.53. The molecule has 1 aliphatic carbocycles. The van der Waals surface area contributed by atoms with E-state index in [2.05, 4.69) is 11.1 Å². The average molecular weight is 328 g/mol. The fourth-order valence-corrected chi connectivity index (χ4v) is 2.75. The summed E-state index contributed by atoms with van der Waals surface area (Å²) < 4.78 is 13.3. The summed E-state index contributed by atoms with van der Waals surface area (Å²) in [6.07, 6.45) is 6.36. The van der Waals surface area contributed by atoms with Crippen LogP contribution in [0.2, 0.25) is 5.02 Å². The minimum atomic E-state index is 0.546. The van der Waals surface area contributed by atoms with E-state index in [0.717, 1.165) is 29.3 Å². The van der Waals surface area contributed by atoms with E-state index in [0.29, 0.717) is 16.7 Å². The molecule has 0 bridgehead atoms. The first kappa shape index (κ1) is 14.4. The second-order valence-electron chi connectivity index (χ2n) is 5.76. The lowest BCUT2D eigenvalue weighted by Gasteiger charge is -2.13. The van der Waals surface area contributed by atoms with Gasteiger partial charge in [-0.15, -0.1) is 0 Å². The van der Waals surface area contributed by atoms with Crippen molar-refractivity contribution < 1.29 is 9.47 Å². The average Bonchev–Trinajstić information content (AvgIpc) is 3.29. The Bertz CT molecular complexity index is 822. The van der Waals surface area contributed by atoms with Gasteiger partial charge in [-0.3, -0.25) is 0 Å². The van der Waals surface area contributed by atoms with Crippen LogP contribution in [0, 0.1) is 12.0 Å². The summed E-state index contributed by atoms with van der Waals surface area (Å²) in [6.45, 7) is 0.721. The molecule has 4 nitrogen and oxygen atoms in total. The van der Waals surface area contributed by atoms with Crippen LogP contribution in [0.1, 0.15) is 12.8 Å². The van der Waals surface area contributed by atoms with Gasteiger partial charge in [-0.2, -0.15) is 0 Å². The van der Waals surface area contributed by atoms with Gasteiger partial charge in [0.25, 0.3) is 0 Å². The van der Waals surface area contributed by atoms with Gasteiger partial charge < -0.3 is 13.9 Å². The quantitative estimate of drug-likeness (QED) is 0.702. The molecule has 4 rings (SSSR count). The zero-order valence-electron chi connectivity index (χ0n) is 12.8. The number of pyridine rings is 1. The molecule has 2 heterocycles. The second-order valence-corrected chi connectivity index (χ2v) is 6.16. The third kappa shape index (κ3) is 2.86. The molecule has 0 unspecified atom stereocenters. The van der Waals surface area contributed by atoms with Gasteiger partial charge in [-0.25, -0.2) is 4.98 Å². The van der Waals surface area contributed by atoms with E-state index in [1.807, 2.05) is 41.1 Å². The standard InChI is InChI=1S/C18H16ClN2O2/c1-22-17-9-16(23-11-12-5-6-12)13(8-14(17)19)15-10-21-7-3-2-4-18(21)20-15/h3-4,7-10,12H,5-6,11H2,1H3. The third-order valence-corrected chi connectivity index (χ3v) is 4.30. The molecule has 1 fully saturated rings. The summed E-state index contributed by atoms with van der Waals surface area (Å²) in [5.74, 6) is 2.03. The largest absolute Gasteiger partial charge is 0.495 e. The maximum Gasteiger partial charge on any atom is 0.141 e. The van der Waals surface area contributed by atoms with Crippen molar-refractivity contribution in [2.45, 2.75) is 12.8 Å². The van der Waals surface area contributed by atoms with Crippen LogP contribution in [0.4, 0.5) is 0 Å². The molecule has 0 aliphatic heterocycles. The Labute approximate surface area is 139 Å². The zero-order chi connectivity index (χ0) is 15.8. The van der Waals surface area contributed by atoms with Gasteiger partial charge in [-0.05, 0) is 43.0 Å². The maximum absolute atomic E-state index is 6.30. The number of halogens is 1. The van der Waals surface area contributed by atoms with E-state index in [4.69, 9.17) is 21.1 Å². The first-order valence-electron chi connectivity index (χ1n) is 7.60. The third-order valence-electron chi connectivity index (χ3n) is 4.01. The molecule has 1 radical (unpaired) electrons. The fraction of sp³-hybridized carbons (Fsp3) is 0.278. The lowest BCUT2D eigenvalue weighted by molar-refractivity contribution is 0.299. The molecule has 2 aromatic heterocycles. The van der Waals surface area contributed by atoms with Gasteiger partial charge in [0.15, 0.2) is 0 Å². The number of rotatable bonds is 5. The number of fused-ring (bicyclic) bond motifs is 1. The van der Waals surface area contributed by atoms with E-state index in [-0.39, 0.29) is 0 Å². The molecule has 0 amide bonds. The molecule has 5 heteroatoms. The number of hydrogen-bond acceptors (Lipinski definition) is 3. The van der Waals surface area contributed by atoms with Crippen LogP contribution in [0.25, 0.3) is 16.9 Å². The van der Waals surface area contributed by atoms with Crippen molar-refractivity contribution in [1.29, 1.82) is 0 Å². The lowest BCUT2D eigenvalue weighted by atomic mass is 10.1. The highest BCUT2D eigenvalue weighted by molar-refractivity contribution is 6.32. The first-order chi connectivity index (χ1) is 11.2. The van der Waals surface area contributed by atoms with E-state index in [9.17, 15) is 0 Å². The van der Waals surface area contributed by atoms with Gasteiger partial charge in [0, 0.05) is 24.0 Å². The molecule has 0 atom stereocenters. The van der Waals surface area contributed by atoms with Crippen molar-refractivity contribution >= 4 is 17.2 Å². The topological polar surface area (TPSA) is 35.8 Å². The van der Waals surface area contributed by atoms with E-state index in [1.165, 1.54) is 12.8 Å². The van der Waals surface area contributed by atoms with Gasteiger partial charge in [0.2, 0.25) is 0 Å². The Morgan fingerprint density at radius 3 is 2.96 bits per heavy atom. The van der Waals surface area contributed by atoms with Crippen molar-refractivity contribution in [3.05, 3.63) is 47.7 Å².